The fourth-order valence-corrected chi connectivity index (χ4v) is 1.98. The fourth-order valence-electron chi connectivity index (χ4n) is 0.842. The molecule has 0 N–H and O–H groups in total. The first-order valence-electron chi connectivity index (χ1n) is 3.49. The number of hydrogen-bond donors (Lipinski definition) is 0. The van der Waals surface area contributed by atoms with Gasteiger partial charge in [-0.3, -0.25) is 0 Å². The molecule has 1 rings (SSSR count). The van der Waals surface area contributed by atoms with E-state index in [4.69, 9.17) is 0 Å². The molecule has 0 heterocycles. The summed E-state index contributed by atoms with van der Waals surface area (Å²) in [5.74, 6) is 0. The van der Waals surface area contributed by atoms with Gasteiger partial charge < -0.3 is 0 Å². The second-order valence-electron chi connectivity index (χ2n) is 2.31. The van der Waals surface area contributed by atoms with Crippen molar-refractivity contribution < 1.29 is 13.2 Å². The van der Waals surface area contributed by atoms with Crippen molar-refractivity contribution in [2.24, 2.45) is 0 Å². The summed E-state index contributed by atoms with van der Waals surface area (Å²) in [4.78, 5) is 1.64. The van der Waals surface area contributed by atoms with Gasteiger partial charge in [0.1, 0.15) is 0 Å². The van der Waals surface area contributed by atoms with E-state index >= 15 is 0 Å². The average molecular weight is 251 g/mol. The Morgan fingerprint density at radius 1 is 1.31 bits per heavy atom. The van der Waals surface area contributed by atoms with Crippen molar-refractivity contribution in [3.8, 4) is 0 Å². The number of halogens is 3. The fraction of sp³-hybridized carbons (Fsp3) is 0.111. The van der Waals surface area contributed by atoms with Crippen LogP contribution in [-0.2, 0) is 6.18 Å². The zero-order chi connectivity index (χ0) is 9.90. The van der Waals surface area contributed by atoms with Gasteiger partial charge in [-0.25, -0.2) is 0 Å². The molecule has 0 radical (unpaired) electrons. The molecule has 0 fully saturated rings. The van der Waals surface area contributed by atoms with E-state index in [1.807, 2.05) is 0 Å². The maximum absolute atomic E-state index is 12.2. The summed E-state index contributed by atoms with van der Waals surface area (Å²) in [6.45, 7) is 3.49. The van der Waals surface area contributed by atoms with Crippen molar-refractivity contribution in [2.45, 2.75) is 6.18 Å². The third-order valence-electron chi connectivity index (χ3n) is 1.38. The summed E-state index contributed by atoms with van der Waals surface area (Å²) >= 11 is -0.0682. The van der Waals surface area contributed by atoms with E-state index in [9.17, 15) is 13.2 Å². The monoisotopic (exact) mass is 252 g/mol. The van der Waals surface area contributed by atoms with Crippen molar-refractivity contribution in [1.29, 1.82) is 0 Å². The Labute approximate surface area is 80.6 Å². The van der Waals surface area contributed by atoms with Gasteiger partial charge in [0.05, 0.1) is 0 Å². The molecule has 0 aliphatic carbocycles. The van der Waals surface area contributed by atoms with E-state index in [1.54, 1.807) is 11.0 Å². The second kappa shape index (κ2) is 3.99. The molecule has 1 aromatic carbocycles. The normalized spacial score (nSPS) is 11.3. The Hall–Kier alpha value is -0.731. The van der Waals surface area contributed by atoms with E-state index in [-0.39, 0.29) is 15.0 Å². The van der Waals surface area contributed by atoms with E-state index in [0.29, 0.717) is 4.46 Å². The Morgan fingerprint density at radius 2 is 2.00 bits per heavy atom. The van der Waals surface area contributed by atoms with Crippen LogP contribution in [-0.4, -0.2) is 15.0 Å². The third kappa shape index (κ3) is 2.90. The van der Waals surface area contributed by atoms with Gasteiger partial charge in [-0.2, -0.15) is 0 Å². The molecule has 4 heteroatoms. The minimum atomic E-state index is -4.24. The first-order valence-corrected chi connectivity index (χ1v) is 5.33. The molecule has 70 valence electrons. The number of hydrogen-bond acceptors (Lipinski definition) is 0. The van der Waals surface area contributed by atoms with Crippen LogP contribution in [0.4, 0.5) is 13.2 Å². The molecule has 13 heavy (non-hydrogen) atoms. The first-order chi connectivity index (χ1) is 6.04. The van der Waals surface area contributed by atoms with Crippen LogP contribution in [0.15, 0.2) is 35.8 Å². The molecule has 0 unspecified atom stereocenters. The minimum absolute atomic E-state index is 0.0682. The molecule has 0 bridgehead atoms. The topological polar surface area (TPSA) is 0 Å². The van der Waals surface area contributed by atoms with Crippen LogP contribution < -0.4 is 4.46 Å². The molecule has 0 amide bonds. The quantitative estimate of drug-likeness (QED) is 0.707. The average Bonchev–Trinajstić information content (AvgIpc) is 2.04. The van der Waals surface area contributed by atoms with Crippen LogP contribution in [0.2, 0.25) is 0 Å². The van der Waals surface area contributed by atoms with Gasteiger partial charge in [-0.05, 0) is 0 Å². The van der Waals surface area contributed by atoms with Crippen LogP contribution >= 0.6 is 0 Å². The molecule has 0 saturated heterocycles. The van der Waals surface area contributed by atoms with Gasteiger partial charge in [0.2, 0.25) is 0 Å². The predicted molar refractivity (Wildman–Crippen MR) is 47.0 cm³/mol. The molecule has 0 aliphatic heterocycles. The van der Waals surface area contributed by atoms with E-state index in [1.165, 1.54) is 12.1 Å². The summed E-state index contributed by atoms with van der Waals surface area (Å²) in [6.07, 6.45) is -4.24. The van der Waals surface area contributed by atoms with Gasteiger partial charge in [0, 0.05) is 0 Å². The molecular formula is C9H7F3Se. The van der Waals surface area contributed by atoms with Crippen molar-refractivity contribution >= 4 is 19.4 Å². The Bertz CT molecular complexity index is 304. The van der Waals surface area contributed by atoms with E-state index < -0.39 is 11.7 Å². The third-order valence-corrected chi connectivity index (χ3v) is 2.83. The SMILES string of the molecule is C=C[Se]c1cccc(C(F)(F)F)c1. The van der Waals surface area contributed by atoms with Crippen LogP contribution in [0, 0.1) is 0 Å². The van der Waals surface area contributed by atoms with Gasteiger partial charge in [-0.15, -0.1) is 0 Å². The Kier molecular flexibility index (Phi) is 3.17. The molecule has 0 spiro atoms. The van der Waals surface area contributed by atoms with Gasteiger partial charge in [0.25, 0.3) is 0 Å². The summed E-state index contributed by atoms with van der Waals surface area (Å²) < 4.78 is 37.3. The molecule has 0 aromatic heterocycles. The summed E-state index contributed by atoms with van der Waals surface area (Å²) in [6, 6.07) is 5.34. The first kappa shape index (κ1) is 10.4. The molecule has 1 aromatic rings. The van der Waals surface area contributed by atoms with Gasteiger partial charge in [0.15, 0.2) is 0 Å². The van der Waals surface area contributed by atoms with Crippen molar-refractivity contribution in [3.05, 3.63) is 41.4 Å². The zero-order valence-corrected chi connectivity index (χ0v) is 8.35. The van der Waals surface area contributed by atoms with Gasteiger partial charge in [-0.1, -0.05) is 0 Å². The van der Waals surface area contributed by atoms with Crippen molar-refractivity contribution in [2.75, 3.05) is 0 Å². The molecule has 0 nitrogen and oxygen atoms in total. The summed E-state index contributed by atoms with van der Waals surface area (Å²) in [5, 5.41) is 0. The summed E-state index contributed by atoms with van der Waals surface area (Å²) in [5.41, 5.74) is -0.589. The van der Waals surface area contributed by atoms with Crippen LogP contribution in [0.5, 0.6) is 0 Å². The molecule has 0 aliphatic rings. The van der Waals surface area contributed by atoms with E-state index in [2.05, 4.69) is 6.58 Å². The van der Waals surface area contributed by atoms with Crippen LogP contribution in [0.1, 0.15) is 5.56 Å². The number of alkyl halides is 3. The molecular weight excluding hydrogens is 244 g/mol. The Balaban J connectivity index is 2.98. The summed E-state index contributed by atoms with van der Waals surface area (Å²) in [7, 11) is 0. The zero-order valence-electron chi connectivity index (χ0n) is 6.64. The van der Waals surface area contributed by atoms with Crippen molar-refractivity contribution in [3.63, 3.8) is 0 Å². The van der Waals surface area contributed by atoms with Crippen LogP contribution in [0.25, 0.3) is 0 Å². The number of benzene rings is 1. The molecule has 0 saturated carbocycles. The molecule has 0 atom stereocenters. The van der Waals surface area contributed by atoms with Crippen LogP contribution in [0.3, 0.4) is 0 Å². The maximum atomic E-state index is 12.2. The Morgan fingerprint density at radius 3 is 2.54 bits per heavy atom. The second-order valence-corrected chi connectivity index (χ2v) is 4.49. The predicted octanol–water partition coefficient (Wildman–Crippen LogP) is 2.18. The van der Waals surface area contributed by atoms with Gasteiger partial charge >= 0.3 is 80.1 Å². The van der Waals surface area contributed by atoms with Crippen molar-refractivity contribution in [1.82, 2.24) is 0 Å². The standard InChI is InChI=1S/C9H7F3Se/c1-2-13-8-5-3-4-7(6-8)9(10,11)12/h2-6H,1H2. The van der Waals surface area contributed by atoms with E-state index in [0.717, 1.165) is 6.07 Å². The number of rotatable bonds is 2.